The molecule has 1 aliphatic rings. The Morgan fingerprint density at radius 2 is 2.12 bits per heavy atom. The number of rotatable bonds is 5. The normalized spacial score (nSPS) is 16.4. The fourth-order valence-electron chi connectivity index (χ4n) is 1.71. The van der Waals surface area contributed by atoms with Crippen LogP contribution in [0.1, 0.15) is 12.8 Å². The molecule has 17 heavy (non-hydrogen) atoms. The summed E-state index contributed by atoms with van der Waals surface area (Å²) >= 11 is 3.25. The predicted octanol–water partition coefficient (Wildman–Crippen LogP) is 2.37. The lowest BCUT2D eigenvalue weighted by molar-refractivity contribution is 0.423. The van der Waals surface area contributed by atoms with Gasteiger partial charge in [0.25, 0.3) is 0 Å². The molecule has 0 aromatic heterocycles. The summed E-state index contributed by atoms with van der Waals surface area (Å²) in [5.74, 6) is -0.527. The summed E-state index contributed by atoms with van der Waals surface area (Å²) in [6.07, 6.45) is 1.78. The Morgan fingerprint density at radius 3 is 2.65 bits per heavy atom. The molecule has 0 atom stereocenters. The van der Waals surface area contributed by atoms with E-state index < -0.39 is 15.8 Å². The maximum absolute atomic E-state index is 13.1. The van der Waals surface area contributed by atoms with Crippen LogP contribution in [0.4, 0.5) is 4.39 Å². The summed E-state index contributed by atoms with van der Waals surface area (Å²) in [5.41, 5.74) is 0. The highest BCUT2D eigenvalue weighted by Crippen LogP contribution is 2.32. The van der Waals surface area contributed by atoms with E-state index in [2.05, 4.69) is 15.9 Å². The minimum absolute atomic E-state index is 0.0327. The Bertz CT molecular complexity index is 502. The van der Waals surface area contributed by atoms with Gasteiger partial charge in [-0.2, -0.15) is 4.31 Å². The zero-order valence-electron chi connectivity index (χ0n) is 9.14. The third-order valence-electron chi connectivity index (χ3n) is 2.66. The molecular formula is C11H13BrFNO2S. The van der Waals surface area contributed by atoms with E-state index in [1.54, 1.807) is 0 Å². The monoisotopic (exact) mass is 321 g/mol. The largest absolute Gasteiger partial charge is 0.243 e. The first-order valence-corrected chi connectivity index (χ1v) is 7.95. The predicted molar refractivity (Wildman–Crippen MR) is 67.1 cm³/mol. The highest BCUT2D eigenvalue weighted by atomic mass is 79.9. The van der Waals surface area contributed by atoms with Crippen molar-refractivity contribution in [3.8, 4) is 0 Å². The number of nitrogens with zero attached hydrogens (tertiary/aromatic N) is 1. The van der Waals surface area contributed by atoms with E-state index in [4.69, 9.17) is 0 Å². The lowest BCUT2D eigenvalue weighted by Crippen LogP contribution is -2.34. The quantitative estimate of drug-likeness (QED) is 0.781. The second kappa shape index (κ2) is 5.04. The molecule has 0 amide bonds. The van der Waals surface area contributed by atoms with Crippen LogP contribution in [0.25, 0.3) is 0 Å². The molecule has 94 valence electrons. The SMILES string of the molecule is O=S(=O)(c1cccc(F)c1)N(CCBr)C1CC1. The molecule has 1 aromatic rings. The molecule has 0 saturated heterocycles. The summed E-state index contributed by atoms with van der Waals surface area (Å²) in [4.78, 5) is 0.0327. The fourth-order valence-corrected chi connectivity index (χ4v) is 4.04. The van der Waals surface area contributed by atoms with Crippen LogP contribution in [0.5, 0.6) is 0 Å². The Morgan fingerprint density at radius 1 is 1.41 bits per heavy atom. The highest BCUT2D eigenvalue weighted by molar-refractivity contribution is 9.09. The van der Waals surface area contributed by atoms with Gasteiger partial charge >= 0.3 is 0 Å². The second-order valence-corrected chi connectivity index (χ2v) is 6.68. The zero-order valence-corrected chi connectivity index (χ0v) is 11.5. The van der Waals surface area contributed by atoms with Gasteiger partial charge in [-0.1, -0.05) is 22.0 Å². The molecule has 0 N–H and O–H groups in total. The van der Waals surface area contributed by atoms with E-state index >= 15 is 0 Å². The Kier molecular flexibility index (Phi) is 3.85. The van der Waals surface area contributed by atoms with E-state index in [0.29, 0.717) is 11.9 Å². The van der Waals surface area contributed by atoms with Gasteiger partial charge in [0.15, 0.2) is 0 Å². The number of sulfonamides is 1. The van der Waals surface area contributed by atoms with Gasteiger partial charge < -0.3 is 0 Å². The number of halogens is 2. The van der Waals surface area contributed by atoms with Crippen LogP contribution in [0.2, 0.25) is 0 Å². The van der Waals surface area contributed by atoms with Crippen LogP contribution in [-0.2, 0) is 10.0 Å². The molecule has 0 spiro atoms. The van der Waals surface area contributed by atoms with Crippen LogP contribution in [0, 0.1) is 5.82 Å². The van der Waals surface area contributed by atoms with Crippen LogP contribution in [0.3, 0.4) is 0 Å². The van der Waals surface area contributed by atoms with Gasteiger partial charge in [-0.15, -0.1) is 0 Å². The van der Waals surface area contributed by atoms with Crippen LogP contribution in [0.15, 0.2) is 29.2 Å². The average molecular weight is 322 g/mol. The summed E-state index contributed by atoms with van der Waals surface area (Å²) in [7, 11) is -3.56. The van der Waals surface area contributed by atoms with Gasteiger partial charge in [0, 0.05) is 17.9 Å². The zero-order chi connectivity index (χ0) is 12.5. The van der Waals surface area contributed by atoms with Gasteiger partial charge in [0.2, 0.25) is 10.0 Å². The molecule has 0 radical (unpaired) electrons. The topological polar surface area (TPSA) is 37.4 Å². The molecule has 0 aliphatic heterocycles. The first-order chi connectivity index (χ1) is 8.05. The van der Waals surface area contributed by atoms with Crippen LogP contribution < -0.4 is 0 Å². The van der Waals surface area contributed by atoms with E-state index in [0.717, 1.165) is 18.9 Å². The Hall–Kier alpha value is -0.460. The molecule has 0 heterocycles. The van der Waals surface area contributed by atoms with E-state index in [9.17, 15) is 12.8 Å². The van der Waals surface area contributed by atoms with Crippen molar-refractivity contribution in [2.45, 2.75) is 23.8 Å². The van der Waals surface area contributed by atoms with Gasteiger partial charge in [-0.3, -0.25) is 0 Å². The standard InChI is InChI=1S/C11H13BrFNO2S/c12-6-7-14(10-4-5-10)17(15,16)11-3-1-2-9(13)8-11/h1-3,8,10H,4-7H2. The molecule has 1 saturated carbocycles. The van der Waals surface area contributed by atoms with Crippen molar-refractivity contribution in [3.05, 3.63) is 30.1 Å². The van der Waals surface area contributed by atoms with Crippen molar-refractivity contribution < 1.29 is 12.8 Å². The molecule has 6 heteroatoms. The van der Waals surface area contributed by atoms with Gasteiger partial charge in [-0.05, 0) is 31.0 Å². The van der Waals surface area contributed by atoms with Crippen LogP contribution in [-0.4, -0.2) is 30.6 Å². The number of alkyl halides is 1. The Labute approximate surface area is 109 Å². The van der Waals surface area contributed by atoms with Crippen molar-refractivity contribution in [1.29, 1.82) is 0 Å². The third kappa shape index (κ3) is 2.86. The first-order valence-electron chi connectivity index (χ1n) is 5.39. The lowest BCUT2D eigenvalue weighted by Gasteiger charge is -2.20. The maximum atomic E-state index is 13.1. The number of hydrogen-bond acceptors (Lipinski definition) is 2. The van der Waals surface area contributed by atoms with E-state index in [1.807, 2.05) is 0 Å². The van der Waals surface area contributed by atoms with Crippen molar-refractivity contribution in [2.75, 3.05) is 11.9 Å². The minimum atomic E-state index is -3.56. The van der Waals surface area contributed by atoms with Gasteiger partial charge in [0.1, 0.15) is 5.82 Å². The summed E-state index contributed by atoms with van der Waals surface area (Å²) < 4.78 is 39.1. The van der Waals surface area contributed by atoms with Crippen molar-refractivity contribution in [2.24, 2.45) is 0 Å². The second-order valence-electron chi connectivity index (χ2n) is 3.99. The highest BCUT2D eigenvalue weighted by Gasteiger charge is 2.37. The van der Waals surface area contributed by atoms with Crippen LogP contribution >= 0.6 is 15.9 Å². The summed E-state index contributed by atoms with van der Waals surface area (Å²) in [5, 5.41) is 0.581. The molecule has 1 fully saturated rings. The molecule has 0 unspecified atom stereocenters. The van der Waals surface area contributed by atoms with Crippen molar-refractivity contribution in [1.82, 2.24) is 4.31 Å². The number of hydrogen-bond donors (Lipinski definition) is 0. The summed E-state index contributed by atoms with van der Waals surface area (Å²) in [6.45, 7) is 0.420. The van der Waals surface area contributed by atoms with Gasteiger partial charge in [-0.25, -0.2) is 12.8 Å². The van der Waals surface area contributed by atoms with Crippen molar-refractivity contribution in [3.63, 3.8) is 0 Å². The average Bonchev–Trinajstić information content (AvgIpc) is 3.09. The minimum Gasteiger partial charge on any atom is -0.207 e. The smallest absolute Gasteiger partial charge is 0.207 e. The number of benzene rings is 1. The molecule has 1 aromatic carbocycles. The third-order valence-corrected chi connectivity index (χ3v) is 4.96. The molecule has 2 rings (SSSR count). The lowest BCUT2D eigenvalue weighted by atomic mass is 10.4. The molecular weight excluding hydrogens is 309 g/mol. The van der Waals surface area contributed by atoms with Crippen molar-refractivity contribution >= 4 is 26.0 Å². The fraction of sp³-hybridized carbons (Fsp3) is 0.455. The first kappa shape index (κ1) is 13.0. The molecule has 3 nitrogen and oxygen atoms in total. The van der Waals surface area contributed by atoms with Gasteiger partial charge in [0.05, 0.1) is 4.90 Å². The molecule has 1 aliphatic carbocycles. The van der Waals surface area contributed by atoms with E-state index in [1.165, 1.54) is 22.5 Å². The van der Waals surface area contributed by atoms with E-state index in [-0.39, 0.29) is 10.9 Å². The molecule has 0 bridgehead atoms. The maximum Gasteiger partial charge on any atom is 0.243 e. The summed E-state index contributed by atoms with van der Waals surface area (Å²) in [6, 6.07) is 5.24. The Balaban J connectivity index is 2.33.